The number of H-pyrrole nitrogens is 1. The van der Waals surface area contributed by atoms with Gasteiger partial charge in [-0.2, -0.15) is 20.1 Å². The molecule has 4 rings (SSSR count). The maximum Gasteiger partial charge on any atom is 0.323 e. The summed E-state index contributed by atoms with van der Waals surface area (Å²) in [7, 11) is 0. The summed E-state index contributed by atoms with van der Waals surface area (Å²) in [6, 6.07) is 0.222. The summed E-state index contributed by atoms with van der Waals surface area (Å²) < 4.78 is 11.1. The molecule has 0 radical (unpaired) electrons. The fraction of sp³-hybridized carbons (Fsp3) is 0.476. The van der Waals surface area contributed by atoms with Gasteiger partial charge in [0.1, 0.15) is 6.61 Å². The highest BCUT2D eigenvalue weighted by atomic mass is 16.5. The summed E-state index contributed by atoms with van der Waals surface area (Å²) in [6.45, 7) is 7.31. The quantitative estimate of drug-likeness (QED) is 0.495. The van der Waals surface area contributed by atoms with Crippen molar-refractivity contribution in [3.05, 3.63) is 29.1 Å². The van der Waals surface area contributed by atoms with Crippen LogP contribution in [0.5, 0.6) is 6.01 Å². The first-order chi connectivity index (χ1) is 15.2. The van der Waals surface area contributed by atoms with Crippen LogP contribution in [0.2, 0.25) is 0 Å². The van der Waals surface area contributed by atoms with Gasteiger partial charge in [0.05, 0.1) is 12.8 Å². The molecule has 1 saturated heterocycles. The van der Waals surface area contributed by atoms with Gasteiger partial charge >= 0.3 is 6.01 Å². The van der Waals surface area contributed by atoms with E-state index in [1.54, 1.807) is 6.21 Å². The van der Waals surface area contributed by atoms with Gasteiger partial charge in [-0.05, 0) is 44.7 Å². The second-order valence-corrected chi connectivity index (χ2v) is 7.35. The van der Waals surface area contributed by atoms with Gasteiger partial charge in [0, 0.05) is 30.5 Å². The first kappa shape index (κ1) is 20.8. The molecule has 0 spiro atoms. The first-order valence-electron chi connectivity index (χ1n) is 10.6. The molecule has 10 heteroatoms. The molecule has 164 valence electrons. The summed E-state index contributed by atoms with van der Waals surface area (Å²) in [5, 5.41) is 4.32. The minimum atomic E-state index is 0.197. The number of hydrogen-bond acceptors (Lipinski definition) is 9. The normalized spacial score (nSPS) is 16.7. The van der Waals surface area contributed by atoms with Crippen molar-refractivity contribution in [2.75, 3.05) is 43.2 Å². The van der Waals surface area contributed by atoms with Gasteiger partial charge in [0.15, 0.2) is 6.61 Å². The van der Waals surface area contributed by atoms with Crippen LogP contribution in [0.3, 0.4) is 0 Å². The van der Waals surface area contributed by atoms with Crippen molar-refractivity contribution in [2.45, 2.75) is 33.1 Å². The van der Waals surface area contributed by atoms with Crippen LogP contribution in [0.4, 0.5) is 11.9 Å². The number of rotatable bonds is 8. The van der Waals surface area contributed by atoms with E-state index in [-0.39, 0.29) is 12.6 Å². The van der Waals surface area contributed by atoms with E-state index in [1.165, 1.54) is 6.42 Å². The Morgan fingerprint density at radius 3 is 2.90 bits per heavy atom. The van der Waals surface area contributed by atoms with Gasteiger partial charge in [-0.15, -0.1) is 0 Å². The number of nitrogens with zero attached hydrogens (tertiary/aromatic N) is 6. The molecule has 0 unspecified atom stereocenters. The molecule has 0 amide bonds. The van der Waals surface area contributed by atoms with Crippen molar-refractivity contribution in [3.8, 4) is 6.01 Å². The van der Waals surface area contributed by atoms with E-state index in [0.29, 0.717) is 30.9 Å². The van der Waals surface area contributed by atoms with Crippen LogP contribution >= 0.6 is 0 Å². The number of hydrogen-bond donors (Lipinski definition) is 2. The number of allylic oxidation sites excluding steroid dienone is 1. The molecule has 10 nitrogen and oxygen atoms in total. The standard InChI is InChI=1S/C21H28N8O2/c1-3-7-17-15(2)16(12-23-17)13-24-28-19-25-20(29-9-5-4-6-10-29)27-21(26-19)31-14-18-22-8-11-30-18/h3,7,12-13,23H,4-6,8-11,14H2,1-2H3,(H,25,26,27,28)/b7-3-,24-13+. The molecule has 2 aromatic rings. The highest BCUT2D eigenvalue weighted by Crippen LogP contribution is 2.20. The average molecular weight is 425 g/mol. The highest BCUT2D eigenvalue weighted by molar-refractivity contribution is 5.83. The van der Waals surface area contributed by atoms with Gasteiger partial charge in [0.2, 0.25) is 11.8 Å². The van der Waals surface area contributed by atoms with E-state index in [9.17, 15) is 0 Å². The fourth-order valence-corrected chi connectivity index (χ4v) is 3.45. The van der Waals surface area contributed by atoms with Crippen LogP contribution < -0.4 is 15.1 Å². The second kappa shape index (κ2) is 10.1. The van der Waals surface area contributed by atoms with Crippen LogP contribution in [0.15, 0.2) is 22.4 Å². The van der Waals surface area contributed by atoms with Crippen LogP contribution in [-0.4, -0.2) is 64.9 Å². The van der Waals surface area contributed by atoms with Gasteiger partial charge in [-0.3, -0.25) is 0 Å². The van der Waals surface area contributed by atoms with E-state index in [0.717, 1.165) is 42.8 Å². The Kier molecular flexibility index (Phi) is 6.75. The lowest BCUT2D eigenvalue weighted by Gasteiger charge is -2.26. The lowest BCUT2D eigenvalue weighted by molar-refractivity contribution is 0.281. The first-order valence-corrected chi connectivity index (χ1v) is 10.6. The molecule has 31 heavy (non-hydrogen) atoms. The zero-order valence-electron chi connectivity index (χ0n) is 18.0. The van der Waals surface area contributed by atoms with Crippen molar-refractivity contribution in [3.63, 3.8) is 0 Å². The van der Waals surface area contributed by atoms with Crippen molar-refractivity contribution in [1.82, 2.24) is 19.9 Å². The topological polar surface area (TPSA) is 113 Å². The molecule has 2 aliphatic rings. The molecule has 0 aromatic carbocycles. The Bertz CT molecular complexity index is 976. The lowest BCUT2D eigenvalue weighted by Crippen LogP contribution is -2.31. The maximum absolute atomic E-state index is 5.73. The SMILES string of the molecule is C/C=C\c1[nH]cc(/C=N/Nc2nc(OCC3=NCCO3)nc(N3CCCCC3)n2)c1C. The van der Waals surface area contributed by atoms with E-state index in [1.807, 2.05) is 32.2 Å². The van der Waals surface area contributed by atoms with Crippen molar-refractivity contribution >= 4 is 30.1 Å². The average Bonchev–Trinajstić information content (AvgIpc) is 3.44. The van der Waals surface area contributed by atoms with Crippen molar-refractivity contribution in [2.24, 2.45) is 10.1 Å². The van der Waals surface area contributed by atoms with Gasteiger partial charge in [-0.1, -0.05) is 6.08 Å². The zero-order valence-corrected chi connectivity index (χ0v) is 18.0. The molecule has 1 fully saturated rings. The van der Waals surface area contributed by atoms with E-state index in [2.05, 4.69) is 40.4 Å². The monoisotopic (exact) mass is 424 g/mol. The lowest BCUT2D eigenvalue weighted by atomic mass is 10.1. The second-order valence-electron chi connectivity index (χ2n) is 7.35. The predicted octanol–water partition coefficient (Wildman–Crippen LogP) is 2.79. The third kappa shape index (κ3) is 5.39. The summed E-state index contributed by atoms with van der Waals surface area (Å²) in [5.74, 6) is 1.48. The summed E-state index contributed by atoms with van der Waals surface area (Å²) in [6.07, 6.45) is 11.1. The summed E-state index contributed by atoms with van der Waals surface area (Å²) in [5.41, 5.74) is 6.08. The number of ether oxygens (including phenoxy) is 2. The largest absolute Gasteiger partial charge is 0.477 e. The number of nitrogens with one attached hydrogen (secondary N) is 2. The van der Waals surface area contributed by atoms with Crippen LogP contribution in [0, 0.1) is 6.92 Å². The van der Waals surface area contributed by atoms with Gasteiger partial charge < -0.3 is 19.4 Å². The molecular formula is C21H28N8O2. The van der Waals surface area contributed by atoms with E-state index >= 15 is 0 Å². The van der Waals surface area contributed by atoms with E-state index in [4.69, 9.17) is 9.47 Å². The molecule has 0 aliphatic carbocycles. The number of aromatic nitrogens is 4. The summed E-state index contributed by atoms with van der Waals surface area (Å²) in [4.78, 5) is 23.0. The number of aliphatic imine (C=N–C) groups is 1. The molecule has 0 atom stereocenters. The molecule has 4 heterocycles. The molecule has 2 aromatic heterocycles. The molecule has 2 N–H and O–H groups in total. The van der Waals surface area contributed by atoms with Crippen LogP contribution in [-0.2, 0) is 4.74 Å². The Hall–Kier alpha value is -3.43. The third-order valence-corrected chi connectivity index (χ3v) is 5.14. The zero-order chi connectivity index (χ0) is 21.5. The number of anilines is 2. The van der Waals surface area contributed by atoms with Crippen molar-refractivity contribution in [1.29, 1.82) is 0 Å². The maximum atomic E-state index is 5.73. The third-order valence-electron chi connectivity index (χ3n) is 5.14. The fourth-order valence-electron chi connectivity index (χ4n) is 3.45. The van der Waals surface area contributed by atoms with Gasteiger partial charge in [0.25, 0.3) is 5.95 Å². The smallest absolute Gasteiger partial charge is 0.323 e. The Morgan fingerprint density at radius 1 is 1.26 bits per heavy atom. The van der Waals surface area contributed by atoms with Crippen LogP contribution in [0.1, 0.15) is 43.0 Å². The number of aromatic amines is 1. The van der Waals surface area contributed by atoms with E-state index < -0.39 is 0 Å². The number of hydrazone groups is 1. The minimum Gasteiger partial charge on any atom is -0.477 e. The van der Waals surface area contributed by atoms with Gasteiger partial charge in [-0.25, -0.2) is 10.4 Å². The molecular weight excluding hydrogens is 396 g/mol. The molecule has 2 aliphatic heterocycles. The van der Waals surface area contributed by atoms with Crippen LogP contribution in [0.25, 0.3) is 6.08 Å². The summed E-state index contributed by atoms with van der Waals surface area (Å²) >= 11 is 0. The van der Waals surface area contributed by atoms with Crippen molar-refractivity contribution < 1.29 is 9.47 Å². The molecule has 0 saturated carbocycles. The Labute approximate surface area is 181 Å². The Balaban J connectivity index is 1.49. The highest BCUT2D eigenvalue weighted by Gasteiger charge is 2.18. The number of piperidine rings is 1. The molecule has 0 bridgehead atoms. The Morgan fingerprint density at radius 2 is 2.13 bits per heavy atom. The minimum absolute atomic E-state index is 0.197. The predicted molar refractivity (Wildman–Crippen MR) is 121 cm³/mol.